The molecule has 22 heavy (non-hydrogen) atoms. The molecule has 0 aliphatic carbocycles. The fourth-order valence-electron chi connectivity index (χ4n) is 2.45. The summed E-state index contributed by atoms with van der Waals surface area (Å²) in [5, 5.41) is 4.32. The predicted molar refractivity (Wildman–Crippen MR) is 93.1 cm³/mol. The molecule has 0 spiro atoms. The summed E-state index contributed by atoms with van der Waals surface area (Å²) in [4.78, 5) is 7.74. The Hall–Kier alpha value is -2.75. The molecular weight excluding hydrogens is 272 g/mol. The molecule has 2 aromatic carbocycles. The molecule has 0 saturated heterocycles. The normalized spacial score (nSPS) is 11.8. The van der Waals surface area contributed by atoms with Gasteiger partial charge in [-0.05, 0) is 41.6 Å². The lowest BCUT2D eigenvalue weighted by Gasteiger charge is -2.06. The third-order valence-electron chi connectivity index (χ3n) is 3.61. The molecule has 3 rings (SSSR count). The van der Waals surface area contributed by atoms with Crippen molar-refractivity contribution in [3.63, 3.8) is 0 Å². The van der Waals surface area contributed by atoms with Gasteiger partial charge in [0.25, 0.3) is 0 Å². The van der Waals surface area contributed by atoms with Crippen molar-refractivity contribution in [2.75, 3.05) is 5.32 Å². The number of hydrogen-bond donors (Lipinski definition) is 3. The van der Waals surface area contributed by atoms with Crippen LogP contribution in [0.5, 0.6) is 0 Å². The second-order valence-electron chi connectivity index (χ2n) is 5.26. The smallest absolute Gasteiger partial charge is 0.193 e. The molecule has 4 N–H and O–H groups in total. The largest absolute Gasteiger partial charge is 0.370 e. The maximum atomic E-state index is 5.96. The van der Waals surface area contributed by atoms with E-state index in [1.165, 1.54) is 10.9 Å². The van der Waals surface area contributed by atoms with Crippen molar-refractivity contribution in [1.82, 2.24) is 4.98 Å². The van der Waals surface area contributed by atoms with Crippen LogP contribution in [0.1, 0.15) is 18.2 Å². The average Bonchev–Trinajstić information content (AvgIpc) is 2.96. The number of aryl methyl sites for hydroxylation is 1. The second kappa shape index (κ2) is 6.35. The fraction of sp³-hybridized carbons (Fsp3) is 0.167. The molecule has 0 radical (unpaired) electrons. The van der Waals surface area contributed by atoms with Gasteiger partial charge < -0.3 is 16.0 Å². The van der Waals surface area contributed by atoms with Crippen molar-refractivity contribution in [2.45, 2.75) is 19.9 Å². The quantitative estimate of drug-likeness (QED) is 0.507. The molecular formula is C18H20N4. The molecule has 0 unspecified atom stereocenters. The van der Waals surface area contributed by atoms with Gasteiger partial charge >= 0.3 is 0 Å². The summed E-state index contributed by atoms with van der Waals surface area (Å²) in [6, 6.07) is 18.5. The second-order valence-corrected chi connectivity index (χ2v) is 5.26. The Kier molecular flexibility index (Phi) is 4.10. The van der Waals surface area contributed by atoms with Crippen molar-refractivity contribution >= 4 is 22.5 Å². The molecule has 0 fully saturated rings. The number of para-hydroxylation sites is 1. The van der Waals surface area contributed by atoms with Crippen LogP contribution in [0.25, 0.3) is 10.9 Å². The van der Waals surface area contributed by atoms with Crippen LogP contribution in [0.3, 0.4) is 0 Å². The number of nitrogens with zero attached hydrogens (tertiary/aromatic N) is 1. The summed E-state index contributed by atoms with van der Waals surface area (Å²) in [6.07, 6.45) is 1.00. The molecule has 4 nitrogen and oxygen atoms in total. The molecule has 0 saturated carbocycles. The van der Waals surface area contributed by atoms with Gasteiger partial charge in [0.15, 0.2) is 5.96 Å². The van der Waals surface area contributed by atoms with Crippen LogP contribution in [-0.2, 0) is 13.0 Å². The van der Waals surface area contributed by atoms with Gasteiger partial charge in [0, 0.05) is 16.9 Å². The summed E-state index contributed by atoms with van der Waals surface area (Å²) in [6.45, 7) is 2.66. The van der Waals surface area contributed by atoms with Gasteiger partial charge in [-0.15, -0.1) is 0 Å². The van der Waals surface area contributed by atoms with E-state index >= 15 is 0 Å². The van der Waals surface area contributed by atoms with Gasteiger partial charge in [-0.2, -0.15) is 0 Å². The zero-order chi connectivity index (χ0) is 15.4. The fourth-order valence-corrected chi connectivity index (χ4v) is 2.45. The number of anilines is 1. The van der Waals surface area contributed by atoms with Gasteiger partial charge in [-0.1, -0.05) is 37.3 Å². The van der Waals surface area contributed by atoms with Crippen LogP contribution in [0.15, 0.2) is 59.6 Å². The number of aliphatic imine (C=N–C) groups is 1. The van der Waals surface area contributed by atoms with E-state index in [1.54, 1.807) is 0 Å². The van der Waals surface area contributed by atoms with Crippen LogP contribution in [0.2, 0.25) is 0 Å². The van der Waals surface area contributed by atoms with E-state index in [0.29, 0.717) is 12.5 Å². The number of aromatic nitrogens is 1. The van der Waals surface area contributed by atoms with Crippen LogP contribution in [0.4, 0.5) is 5.69 Å². The highest BCUT2D eigenvalue weighted by Gasteiger charge is 2.00. The lowest BCUT2D eigenvalue weighted by atomic mass is 10.1. The van der Waals surface area contributed by atoms with E-state index in [-0.39, 0.29) is 0 Å². The predicted octanol–water partition coefficient (Wildman–Crippen LogP) is 3.66. The van der Waals surface area contributed by atoms with Crippen molar-refractivity contribution in [1.29, 1.82) is 0 Å². The number of nitrogens with one attached hydrogen (secondary N) is 2. The molecule has 4 heteroatoms. The summed E-state index contributed by atoms with van der Waals surface area (Å²) < 4.78 is 0. The molecule has 0 aliphatic rings. The van der Waals surface area contributed by atoms with E-state index < -0.39 is 0 Å². The van der Waals surface area contributed by atoms with E-state index in [9.17, 15) is 0 Å². The Bertz CT molecular complexity index is 768. The van der Waals surface area contributed by atoms with Gasteiger partial charge in [0.2, 0.25) is 0 Å². The molecule has 1 aromatic heterocycles. The number of benzene rings is 2. The minimum atomic E-state index is 0.423. The van der Waals surface area contributed by atoms with Crippen molar-refractivity contribution in [3.8, 4) is 0 Å². The van der Waals surface area contributed by atoms with Gasteiger partial charge in [-0.25, -0.2) is 4.99 Å². The monoisotopic (exact) mass is 292 g/mol. The molecule has 112 valence electrons. The summed E-state index contributed by atoms with van der Waals surface area (Å²) in [5.74, 6) is 0.423. The maximum absolute atomic E-state index is 5.96. The first-order valence-electron chi connectivity index (χ1n) is 7.47. The SMILES string of the molecule is CCc1cccc(NC(N)=NCc2cc3ccccc3[nH]2)c1. The highest BCUT2D eigenvalue weighted by Crippen LogP contribution is 2.15. The number of guanidine groups is 1. The molecule has 0 amide bonds. The Labute approximate surface area is 130 Å². The number of hydrogen-bond acceptors (Lipinski definition) is 1. The highest BCUT2D eigenvalue weighted by molar-refractivity contribution is 5.92. The number of H-pyrrole nitrogens is 1. The van der Waals surface area contributed by atoms with E-state index in [4.69, 9.17) is 5.73 Å². The molecule has 0 atom stereocenters. The molecule has 0 aliphatic heterocycles. The van der Waals surface area contributed by atoms with Crippen molar-refractivity contribution in [2.24, 2.45) is 10.7 Å². The highest BCUT2D eigenvalue weighted by atomic mass is 15.1. The van der Waals surface area contributed by atoms with Gasteiger partial charge in [0.05, 0.1) is 6.54 Å². The van der Waals surface area contributed by atoms with Gasteiger partial charge in [-0.3, -0.25) is 0 Å². The third kappa shape index (κ3) is 3.28. The zero-order valence-corrected chi connectivity index (χ0v) is 12.6. The van der Waals surface area contributed by atoms with E-state index in [2.05, 4.69) is 52.5 Å². The van der Waals surface area contributed by atoms with Crippen LogP contribution < -0.4 is 11.1 Å². The Morgan fingerprint density at radius 1 is 1.14 bits per heavy atom. The minimum absolute atomic E-state index is 0.423. The number of nitrogens with two attached hydrogens (primary N) is 1. The average molecular weight is 292 g/mol. The van der Waals surface area contributed by atoms with Gasteiger partial charge in [0.1, 0.15) is 0 Å². The maximum Gasteiger partial charge on any atom is 0.193 e. The lowest BCUT2D eigenvalue weighted by molar-refractivity contribution is 1.01. The topological polar surface area (TPSA) is 66.2 Å². The number of rotatable bonds is 4. The van der Waals surface area contributed by atoms with Crippen LogP contribution >= 0.6 is 0 Å². The Morgan fingerprint density at radius 3 is 2.82 bits per heavy atom. The molecule has 0 bridgehead atoms. The van der Waals surface area contributed by atoms with Crippen LogP contribution in [0, 0.1) is 0 Å². The number of aromatic amines is 1. The van der Waals surface area contributed by atoms with E-state index in [0.717, 1.165) is 23.3 Å². The standard InChI is InChI=1S/C18H20N4/c1-2-13-6-5-8-15(10-13)22-18(19)20-12-16-11-14-7-3-4-9-17(14)21-16/h3-11,21H,2,12H2,1H3,(H3,19,20,22). The lowest BCUT2D eigenvalue weighted by Crippen LogP contribution is -2.22. The zero-order valence-electron chi connectivity index (χ0n) is 12.6. The van der Waals surface area contributed by atoms with Crippen LogP contribution in [-0.4, -0.2) is 10.9 Å². The van der Waals surface area contributed by atoms with Crippen molar-refractivity contribution in [3.05, 3.63) is 65.9 Å². The molecule has 1 heterocycles. The first kappa shape index (κ1) is 14.2. The summed E-state index contributed by atoms with van der Waals surface area (Å²) in [7, 11) is 0. The number of fused-ring (bicyclic) bond motifs is 1. The first-order chi connectivity index (χ1) is 10.7. The molecule has 3 aromatic rings. The van der Waals surface area contributed by atoms with E-state index in [1.807, 2.05) is 24.3 Å². The first-order valence-corrected chi connectivity index (χ1v) is 7.47. The third-order valence-corrected chi connectivity index (χ3v) is 3.61. The minimum Gasteiger partial charge on any atom is -0.370 e. The Balaban J connectivity index is 1.68. The Morgan fingerprint density at radius 2 is 2.00 bits per heavy atom. The summed E-state index contributed by atoms with van der Waals surface area (Å²) in [5.41, 5.74) is 10.4. The van der Waals surface area contributed by atoms with Crippen molar-refractivity contribution < 1.29 is 0 Å². The summed E-state index contributed by atoms with van der Waals surface area (Å²) >= 11 is 0.